The molecule has 0 saturated carbocycles. The van der Waals surface area contributed by atoms with Crippen molar-refractivity contribution in [3.63, 3.8) is 0 Å². The first-order valence-corrected chi connectivity index (χ1v) is 4.31. The maximum Gasteiger partial charge on any atom is 0.0868 e. The van der Waals surface area contributed by atoms with Crippen LogP contribution in [0.4, 0.5) is 0 Å². The maximum absolute atomic E-state index is 5.76. The van der Waals surface area contributed by atoms with Crippen LogP contribution in [0.15, 0.2) is 30.5 Å². The first-order chi connectivity index (χ1) is 6.34. The highest BCUT2D eigenvalue weighted by molar-refractivity contribution is 6.30. The number of aromatic nitrogens is 3. The summed E-state index contributed by atoms with van der Waals surface area (Å²) >= 11 is 5.76. The van der Waals surface area contributed by atoms with Gasteiger partial charge in [-0.2, -0.15) is 15.4 Å². The zero-order valence-electron chi connectivity index (χ0n) is 6.87. The van der Waals surface area contributed by atoms with E-state index in [2.05, 4.69) is 15.4 Å². The molecule has 0 fully saturated rings. The van der Waals surface area contributed by atoms with Crippen molar-refractivity contribution >= 4 is 11.6 Å². The van der Waals surface area contributed by atoms with Gasteiger partial charge in [0.2, 0.25) is 0 Å². The monoisotopic (exact) mass is 193 g/mol. The molecule has 0 bridgehead atoms. The third-order valence-corrected chi connectivity index (χ3v) is 2.02. The highest BCUT2D eigenvalue weighted by Gasteiger charge is 1.97. The Hall–Kier alpha value is -1.35. The van der Waals surface area contributed by atoms with Crippen molar-refractivity contribution in [2.24, 2.45) is 0 Å². The molecule has 2 aromatic rings. The van der Waals surface area contributed by atoms with Crippen molar-refractivity contribution in [2.45, 2.75) is 6.42 Å². The van der Waals surface area contributed by atoms with E-state index in [0.29, 0.717) is 0 Å². The van der Waals surface area contributed by atoms with Gasteiger partial charge in [-0.1, -0.05) is 23.7 Å². The van der Waals surface area contributed by atoms with E-state index in [1.807, 2.05) is 24.3 Å². The van der Waals surface area contributed by atoms with E-state index in [0.717, 1.165) is 17.1 Å². The molecule has 0 amide bonds. The Balaban J connectivity index is 2.15. The van der Waals surface area contributed by atoms with Crippen LogP contribution in [-0.2, 0) is 6.42 Å². The summed E-state index contributed by atoms with van der Waals surface area (Å²) in [4.78, 5) is 0. The van der Waals surface area contributed by atoms with Gasteiger partial charge in [0.05, 0.1) is 11.9 Å². The summed E-state index contributed by atoms with van der Waals surface area (Å²) in [7, 11) is 0. The van der Waals surface area contributed by atoms with Crippen molar-refractivity contribution in [3.8, 4) is 0 Å². The molecule has 1 heterocycles. The first kappa shape index (κ1) is 8.26. The number of hydrogen-bond acceptors (Lipinski definition) is 2. The third-order valence-electron chi connectivity index (χ3n) is 1.76. The van der Waals surface area contributed by atoms with Gasteiger partial charge in [-0.3, -0.25) is 0 Å². The van der Waals surface area contributed by atoms with Crippen molar-refractivity contribution in [2.75, 3.05) is 0 Å². The predicted molar refractivity (Wildman–Crippen MR) is 50.6 cm³/mol. The van der Waals surface area contributed by atoms with Gasteiger partial charge in [-0.15, -0.1) is 0 Å². The second-order valence-electron chi connectivity index (χ2n) is 2.76. The molecule has 13 heavy (non-hydrogen) atoms. The second-order valence-corrected chi connectivity index (χ2v) is 3.20. The maximum atomic E-state index is 5.76. The minimum absolute atomic E-state index is 0.754. The van der Waals surface area contributed by atoms with E-state index < -0.39 is 0 Å². The summed E-state index contributed by atoms with van der Waals surface area (Å²) in [5.41, 5.74) is 2.11. The molecular weight excluding hydrogens is 186 g/mol. The predicted octanol–water partition coefficient (Wildman–Crippen LogP) is 2.05. The van der Waals surface area contributed by atoms with E-state index >= 15 is 0 Å². The molecule has 0 radical (unpaired) electrons. The summed E-state index contributed by atoms with van der Waals surface area (Å²) < 4.78 is 0. The molecule has 0 aliphatic heterocycles. The van der Waals surface area contributed by atoms with Crippen molar-refractivity contribution in [1.29, 1.82) is 0 Å². The molecule has 0 aliphatic carbocycles. The van der Waals surface area contributed by atoms with Gasteiger partial charge in [0.25, 0.3) is 0 Å². The van der Waals surface area contributed by atoms with Crippen LogP contribution in [0.2, 0.25) is 5.02 Å². The van der Waals surface area contributed by atoms with Crippen molar-refractivity contribution < 1.29 is 0 Å². The molecule has 2 rings (SSSR count). The number of nitrogens with zero attached hydrogens (tertiary/aromatic N) is 2. The van der Waals surface area contributed by atoms with Crippen LogP contribution >= 0.6 is 11.6 Å². The number of benzene rings is 1. The average molecular weight is 194 g/mol. The molecule has 0 saturated heterocycles. The Bertz CT molecular complexity index is 366. The summed E-state index contributed by atoms with van der Waals surface area (Å²) in [6.07, 6.45) is 2.50. The summed E-state index contributed by atoms with van der Waals surface area (Å²) in [6, 6.07) is 7.71. The Kier molecular flexibility index (Phi) is 2.27. The van der Waals surface area contributed by atoms with Gasteiger partial charge < -0.3 is 0 Å². The zero-order valence-corrected chi connectivity index (χ0v) is 7.62. The Labute approximate surface area is 80.7 Å². The normalized spacial score (nSPS) is 10.2. The molecule has 1 aromatic carbocycles. The lowest BCUT2D eigenvalue weighted by molar-refractivity contribution is 0.915. The topological polar surface area (TPSA) is 41.6 Å². The molecular formula is C9H8ClN3. The molecule has 0 spiro atoms. The van der Waals surface area contributed by atoms with E-state index in [-0.39, 0.29) is 0 Å². The number of halogens is 1. The van der Waals surface area contributed by atoms with Crippen molar-refractivity contribution in [3.05, 3.63) is 46.7 Å². The highest BCUT2D eigenvalue weighted by atomic mass is 35.5. The van der Waals surface area contributed by atoms with Gasteiger partial charge in [-0.25, -0.2) is 0 Å². The number of aromatic amines is 1. The standard InChI is InChI=1S/C9H8ClN3/c10-8-3-1-7(2-4-8)5-9-6-11-13-12-9/h1-4,6H,5H2,(H,11,12,13). The molecule has 0 aliphatic rings. The van der Waals surface area contributed by atoms with E-state index in [1.165, 1.54) is 5.56 Å². The van der Waals surface area contributed by atoms with Crippen LogP contribution in [0.3, 0.4) is 0 Å². The van der Waals surface area contributed by atoms with Crippen LogP contribution < -0.4 is 0 Å². The van der Waals surface area contributed by atoms with Crippen molar-refractivity contribution in [1.82, 2.24) is 15.4 Å². The molecule has 4 heteroatoms. The number of nitrogens with one attached hydrogen (secondary N) is 1. The molecule has 0 unspecified atom stereocenters. The fourth-order valence-corrected chi connectivity index (χ4v) is 1.25. The minimum Gasteiger partial charge on any atom is -0.198 e. The average Bonchev–Trinajstić information content (AvgIpc) is 2.62. The molecule has 3 nitrogen and oxygen atoms in total. The van der Waals surface area contributed by atoms with Gasteiger partial charge in [-0.05, 0) is 17.7 Å². The molecule has 1 aromatic heterocycles. The van der Waals surface area contributed by atoms with Crippen LogP contribution in [0.25, 0.3) is 0 Å². The Morgan fingerprint density at radius 2 is 2.00 bits per heavy atom. The van der Waals surface area contributed by atoms with Crippen LogP contribution in [0.5, 0.6) is 0 Å². The first-order valence-electron chi connectivity index (χ1n) is 3.94. The minimum atomic E-state index is 0.754. The summed E-state index contributed by atoms with van der Waals surface area (Å²) in [5, 5.41) is 11.0. The van der Waals surface area contributed by atoms with Gasteiger partial charge in [0.1, 0.15) is 0 Å². The number of rotatable bonds is 2. The molecule has 0 atom stereocenters. The molecule has 1 N–H and O–H groups in total. The van der Waals surface area contributed by atoms with Crippen LogP contribution in [0, 0.1) is 0 Å². The second kappa shape index (κ2) is 3.58. The zero-order chi connectivity index (χ0) is 9.10. The highest BCUT2D eigenvalue weighted by Crippen LogP contribution is 2.11. The number of H-pyrrole nitrogens is 1. The third kappa shape index (κ3) is 2.06. The van der Waals surface area contributed by atoms with Gasteiger partial charge >= 0.3 is 0 Å². The van der Waals surface area contributed by atoms with Gasteiger partial charge in [0, 0.05) is 11.4 Å². The van der Waals surface area contributed by atoms with Crippen LogP contribution in [-0.4, -0.2) is 15.4 Å². The SMILES string of the molecule is Clc1ccc(Cc2cn[nH]n2)cc1. The van der Waals surface area contributed by atoms with E-state index in [9.17, 15) is 0 Å². The summed E-state index contributed by atoms with van der Waals surface area (Å²) in [5.74, 6) is 0. The van der Waals surface area contributed by atoms with Crippen LogP contribution in [0.1, 0.15) is 11.3 Å². The quantitative estimate of drug-likeness (QED) is 0.793. The Morgan fingerprint density at radius 3 is 2.62 bits per heavy atom. The lowest BCUT2D eigenvalue weighted by Gasteiger charge is -1.96. The molecule has 66 valence electrons. The van der Waals surface area contributed by atoms with E-state index in [4.69, 9.17) is 11.6 Å². The largest absolute Gasteiger partial charge is 0.198 e. The van der Waals surface area contributed by atoms with Gasteiger partial charge in [0.15, 0.2) is 0 Å². The Morgan fingerprint density at radius 1 is 1.23 bits per heavy atom. The fraction of sp³-hybridized carbons (Fsp3) is 0.111. The summed E-state index contributed by atoms with van der Waals surface area (Å²) in [6.45, 7) is 0. The fourth-order valence-electron chi connectivity index (χ4n) is 1.12. The smallest absolute Gasteiger partial charge is 0.0868 e. The van der Waals surface area contributed by atoms with E-state index in [1.54, 1.807) is 6.20 Å². The number of hydrogen-bond donors (Lipinski definition) is 1. The lowest BCUT2D eigenvalue weighted by Crippen LogP contribution is -1.87. The lowest BCUT2D eigenvalue weighted by atomic mass is 10.1.